The van der Waals surface area contributed by atoms with Gasteiger partial charge in [-0.3, -0.25) is 4.90 Å². The molecule has 1 N–H and O–H groups in total. The molecular weight excluding hydrogens is 542 g/mol. The van der Waals surface area contributed by atoms with Gasteiger partial charge in [-0.1, -0.05) is 12.1 Å². The van der Waals surface area contributed by atoms with Gasteiger partial charge in [-0.2, -0.15) is 21.6 Å². The molecule has 1 aliphatic heterocycles. The minimum Gasteiger partial charge on any atom is -0.438 e. The lowest BCUT2D eigenvalue weighted by atomic mass is 10.0. The molecule has 0 bridgehead atoms. The normalized spacial score (nSPS) is 14.6. The average Bonchev–Trinajstić information content (AvgIpc) is 3.47. The van der Waals surface area contributed by atoms with E-state index in [2.05, 4.69) is 21.7 Å². The summed E-state index contributed by atoms with van der Waals surface area (Å²) in [6, 6.07) is 17.1. The first-order valence-corrected chi connectivity index (χ1v) is 15.9. The van der Waals surface area contributed by atoms with Crippen LogP contribution in [0.15, 0.2) is 64.2 Å². The summed E-state index contributed by atoms with van der Waals surface area (Å²) in [5.74, 6) is 1.67. The maximum Gasteiger partial charge on any atom is 0.226 e. The number of anilines is 1. The highest BCUT2D eigenvalue weighted by Gasteiger charge is 2.21. The van der Waals surface area contributed by atoms with Crippen LogP contribution in [0.2, 0.25) is 0 Å². The Morgan fingerprint density at radius 3 is 2.38 bits per heavy atom. The Balaban J connectivity index is 1.28. The van der Waals surface area contributed by atoms with Crippen LogP contribution in [0.3, 0.4) is 0 Å². The Bertz CT molecular complexity index is 1610. The van der Waals surface area contributed by atoms with Crippen molar-refractivity contribution in [1.29, 1.82) is 5.26 Å². The number of hydrogen-bond acceptors (Lipinski definition) is 9. The Hall–Kier alpha value is -3.78. The van der Waals surface area contributed by atoms with Gasteiger partial charge >= 0.3 is 0 Å². The molecule has 0 amide bonds. The molecule has 10 heteroatoms. The van der Waals surface area contributed by atoms with Gasteiger partial charge in [0, 0.05) is 48.9 Å². The van der Waals surface area contributed by atoms with Crippen LogP contribution in [0.4, 0.5) is 5.95 Å². The van der Waals surface area contributed by atoms with E-state index in [1.54, 1.807) is 23.5 Å². The van der Waals surface area contributed by atoms with Gasteiger partial charge in [0.05, 0.1) is 22.2 Å². The predicted molar refractivity (Wildman–Crippen MR) is 158 cm³/mol. The van der Waals surface area contributed by atoms with E-state index >= 15 is 0 Å². The number of ether oxygens (including phenoxy) is 1. The number of aromatic nitrogens is 2. The number of hydrogen-bond donors (Lipinski definition) is 1. The van der Waals surface area contributed by atoms with E-state index in [0.717, 1.165) is 60.4 Å². The van der Waals surface area contributed by atoms with Gasteiger partial charge in [-0.05, 0) is 79.1 Å². The van der Waals surface area contributed by atoms with Gasteiger partial charge in [0.2, 0.25) is 11.8 Å². The summed E-state index contributed by atoms with van der Waals surface area (Å²) < 4.78 is 29.7. The van der Waals surface area contributed by atoms with Gasteiger partial charge in [-0.25, -0.2) is 13.4 Å². The van der Waals surface area contributed by atoms with Crippen molar-refractivity contribution in [2.75, 3.05) is 24.7 Å². The number of nitrogens with one attached hydrogen (secondary N) is 1. The number of rotatable bonds is 8. The van der Waals surface area contributed by atoms with Crippen LogP contribution in [0.5, 0.6) is 11.6 Å². The lowest BCUT2D eigenvalue weighted by molar-refractivity contribution is 0.211. The lowest BCUT2D eigenvalue weighted by Gasteiger charge is -2.32. The number of nitriles is 1. The number of piperidine rings is 1. The summed E-state index contributed by atoms with van der Waals surface area (Å²) in [6.07, 6.45) is 3.08. The standard InChI is InChI=1S/C30H31N5O3S2/c1-20-14-23(17-31)15-21(2)29(20)38-28-16-27(24-10-13-39-19-24)33-30(34-28)32-25-8-11-35(12-9-25)18-22-4-6-26(7-5-22)40(3,36)37/h4-7,10,13-16,19,25H,8-9,11-12,18H2,1-3H3,(H,32,33,34). The smallest absolute Gasteiger partial charge is 0.226 e. The number of thiophene rings is 1. The molecule has 40 heavy (non-hydrogen) atoms. The van der Waals surface area contributed by atoms with Crippen molar-refractivity contribution in [2.45, 2.75) is 44.2 Å². The first kappa shape index (κ1) is 27.8. The van der Waals surface area contributed by atoms with Gasteiger partial charge in [0.15, 0.2) is 9.84 Å². The van der Waals surface area contributed by atoms with Crippen molar-refractivity contribution >= 4 is 27.1 Å². The van der Waals surface area contributed by atoms with E-state index in [1.807, 2.05) is 55.6 Å². The number of sulfone groups is 1. The summed E-state index contributed by atoms with van der Waals surface area (Å²) in [6.45, 7) is 6.45. The van der Waals surface area contributed by atoms with Crippen molar-refractivity contribution in [1.82, 2.24) is 14.9 Å². The third-order valence-electron chi connectivity index (χ3n) is 6.99. The lowest BCUT2D eigenvalue weighted by Crippen LogP contribution is -2.39. The molecule has 0 aliphatic carbocycles. The van der Waals surface area contributed by atoms with E-state index in [9.17, 15) is 13.7 Å². The molecule has 0 atom stereocenters. The Morgan fingerprint density at radius 2 is 1.77 bits per heavy atom. The Morgan fingerprint density at radius 1 is 1.07 bits per heavy atom. The van der Waals surface area contributed by atoms with E-state index in [4.69, 9.17) is 14.7 Å². The SMILES string of the molecule is Cc1cc(C#N)cc(C)c1Oc1cc(-c2ccsc2)nc(NC2CCN(Cc3ccc(S(C)(=O)=O)cc3)CC2)n1. The second-order valence-corrected chi connectivity index (χ2v) is 13.0. The summed E-state index contributed by atoms with van der Waals surface area (Å²) in [5.41, 5.74) is 5.24. The molecule has 2 aromatic carbocycles. The minimum atomic E-state index is -3.19. The van der Waals surface area contributed by atoms with Crippen LogP contribution < -0.4 is 10.1 Å². The fourth-order valence-electron chi connectivity index (χ4n) is 4.90. The molecule has 1 saturated heterocycles. The third kappa shape index (κ3) is 6.67. The summed E-state index contributed by atoms with van der Waals surface area (Å²) in [7, 11) is -3.19. The molecule has 1 aliphatic rings. The van der Waals surface area contributed by atoms with E-state index in [1.165, 1.54) is 6.26 Å². The minimum absolute atomic E-state index is 0.216. The maximum absolute atomic E-state index is 11.7. The largest absolute Gasteiger partial charge is 0.438 e. The van der Waals surface area contributed by atoms with E-state index in [-0.39, 0.29) is 6.04 Å². The molecule has 1 fully saturated rings. The van der Waals surface area contributed by atoms with E-state index in [0.29, 0.717) is 28.0 Å². The number of nitrogens with zero attached hydrogens (tertiary/aromatic N) is 4. The fourth-order valence-corrected chi connectivity index (χ4v) is 6.18. The molecule has 0 radical (unpaired) electrons. The van der Waals surface area contributed by atoms with Gasteiger partial charge in [-0.15, -0.1) is 0 Å². The molecule has 0 spiro atoms. The number of aryl methyl sites for hydroxylation is 2. The summed E-state index contributed by atoms with van der Waals surface area (Å²) in [4.78, 5) is 12.2. The topological polar surface area (TPSA) is 108 Å². The first-order chi connectivity index (χ1) is 19.2. The molecule has 206 valence electrons. The zero-order chi connectivity index (χ0) is 28.3. The molecule has 2 aromatic heterocycles. The number of likely N-dealkylation sites (tertiary alicyclic amines) is 1. The van der Waals surface area contributed by atoms with Crippen molar-refractivity contribution in [3.05, 3.63) is 81.5 Å². The second-order valence-electron chi connectivity index (χ2n) is 10.2. The highest BCUT2D eigenvalue weighted by Crippen LogP contribution is 2.32. The van der Waals surface area contributed by atoms with Crippen molar-refractivity contribution < 1.29 is 13.2 Å². The summed E-state index contributed by atoms with van der Waals surface area (Å²) >= 11 is 1.61. The molecule has 3 heterocycles. The molecular formula is C30H31N5O3S2. The first-order valence-electron chi connectivity index (χ1n) is 13.1. The zero-order valence-electron chi connectivity index (χ0n) is 22.7. The highest BCUT2D eigenvalue weighted by molar-refractivity contribution is 7.90. The van der Waals surface area contributed by atoms with Crippen LogP contribution in [0.25, 0.3) is 11.3 Å². The fraction of sp³-hybridized carbons (Fsp3) is 0.300. The summed E-state index contributed by atoms with van der Waals surface area (Å²) in [5, 5.41) is 16.9. The molecule has 0 unspecified atom stereocenters. The van der Waals surface area contributed by atoms with Crippen LogP contribution in [0.1, 0.15) is 35.1 Å². The van der Waals surface area contributed by atoms with Crippen LogP contribution in [0, 0.1) is 25.2 Å². The maximum atomic E-state index is 11.7. The zero-order valence-corrected chi connectivity index (χ0v) is 24.3. The molecule has 0 saturated carbocycles. The molecule has 4 aromatic rings. The average molecular weight is 574 g/mol. The molecule has 8 nitrogen and oxygen atoms in total. The molecule has 5 rings (SSSR count). The number of benzene rings is 2. The van der Waals surface area contributed by atoms with Crippen LogP contribution in [-0.4, -0.2) is 48.7 Å². The van der Waals surface area contributed by atoms with Gasteiger partial charge < -0.3 is 10.1 Å². The van der Waals surface area contributed by atoms with Crippen molar-refractivity contribution in [2.24, 2.45) is 0 Å². The van der Waals surface area contributed by atoms with Gasteiger partial charge in [0.1, 0.15) is 5.75 Å². The van der Waals surface area contributed by atoms with Crippen molar-refractivity contribution in [3.63, 3.8) is 0 Å². The Kier molecular flexibility index (Phi) is 8.17. The monoisotopic (exact) mass is 573 g/mol. The predicted octanol–water partition coefficient (Wildman–Crippen LogP) is 5.97. The van der Waals surface area contributed by atoms with Gasteiger partial charge in [0.25, 0.3) is 0 Å². The van der Waals surface area contributed by atoms with Crippen LogP contribution >= 0.6 is 11.3 Å². The van der Waals surface area contributed by atoms with Crippen molar-refractivity contribution in [3.8, 4) is 29.0 Å². The third-order valence-corrected chi connectivity index (χ3v) is 8.81. The second kappa shape index (κ2) is 11.8. The van der Waals surface area contributed by atoms with E-state index < -0.39 is 9.84 Å². The van der Waals surface area contributed by atoms with Crippen LogP contribution in [-0.2, 0) is 16.4 Å². The quantitative estimate of drug-likeness (QED) is 0.275. The highest BCUT2D eigenvalue weighted by atomic mass is 32.2. The Labute approximate surface area is 239 Å².